The van der Waals surface area contributed by atoms with Gasteiger partial charge in [-0.1, -0.05) is 36.4 Å². The highest BCUT2D eigenvalue weighted by molar-refractivity contribution is 6.00. The van der Waals surface area contributed by atoms with Gasteiger partial charge in [-0.3, -0.25) is 4.79 Å². The van der Waals surface area contributed by atoms with Gasteiger partial charge in [-0.25, -0.2) is 9.97 Å². The Bertz CT molecular complexity index is 1220. The van der Waals surface area contributed by atoms with Crippen molar-refractivity contribution < 1.29 is 4.79 Å². The van der Waals surface area contributed by atoms with Gasteiger partial charge in [0, 0.05) is 23.5 Å². The maximum atomic E-state index is 12.9. The number of aryl methyl sites for hydroxylation is 1. The monoisotopic (exact) mass is 368 g/mol. The van der Waals surface area contributed by atoms with Crippen LogP contribution < -0.4 is 5.73 Å². The average molecular weight is 368 g/mol. The van der Waals surface area contributed by atoms with Gasteiger partial charge in [0.05, 0.1) is 17.0 Å². The first kappa shape index (κ1) is 16.7. The Labute approximate surface area is 162 Å². The Kier molecular flexibility index (Phi) is 3.76. The Morgan fingerprint density at radius 3 is 2.71 bits per heavy atom. The molecular weight excluding hydrogens is 348 g/mol. The standard InChI is InChI=1S/C23H20N4O/c1-13-22-20(27-23(24)26-13)11-14(12-21(22)28)15-5-2-3-6-16(15)17-7-4-8-19-18(17)9-10-25-19/h2-10,14,25H,11-12H2,1H3,(H2,24,26,27). The van der Waals surface area contributed by atoms with Crippen molar-refractivity contribution in [3.63, 3.8) is 0 Å². The van der Waals surface area contributed by atoms with Gasteiger partial charge in [0.1, 0.15) is 0 Å². The number of aromatic nitrogens is 3. The van der Waals surface area contributed by atoms with Gasteiger partial charge in [-0.15, -0.1) is 0 Å². The van der Waals surface area contributed by atoms with Crippen LogP contribution in [-0.4, -0.2) is 20.7 Å². The highest BCUT2D eigenvalue weighted by atomic mass is 16.1. The normalized spacial score (nSPS) is 16.3. The third-order valence-corrected chi connectivity index (χ3v) is 5.62. The van der Waals surface area contributed by atoms with E-state index < -0.39 is 0 Å². The summed E-state index contributed by atoms with van der Waals surface area (Å²) in [6.45, 7) is 1.83. The molecule has 5 heteroatoms. The van der Waals surface area contributed by atoms with Crippen LogP contribution in [0.5, 0.6) is 0 Å². The minimum absolute atomic E-state index is 0.0686. The lowest BCUT2D eigenvalue weighted by molar-refractivity contribution is 0.0962. The van der Waals surface area contributed by atoms with Gasteiger partial charge in [0.25, 0.3) is 0 Å². The fourth-order valence-electron chi connectivity index (χ4n) is 4.44. The van der Waals surface area contributed by atoms with Crippen LogP contribution in [0.15, 0.2) is 54.7 Å². The lowest BCUT2D eigenvalue weighted by atomic mass is 9.78. The molecule has 0 radical (unpaired) electrons. The number of nitrogens with one attached hydrogen (secondary N) is 1. The number of H-pyrrole nitrogens is 1. The second-order valence-corrected chi connectivity index (χ2v) is 7.35. The summed E-state index contributed by atoms with van der Waals surface area (Å²) in [4.78, 5) is 24.7. The van der Waals surface area contributed by atoms with Gasteiger partial charge in [-0.2, -0.15) is 0 Å². The zero-order valence-corrected chi connectivity index (χ0v) is 15.6. The number of nitrogens with zero attached hydrogens (tertiary/aromatic N) is 2. The summed E-state index contributed by atoms with van der Waals surface area (Å²) in [5.74, 6) is 0.396. The van der Waals surface area contributed by atoms with Crippen LogP contribution in [0.25, 0.3) is 22.0 Å². The summed E-state index contributed by atoms with van der Waals surface area (Å²) in [7, 11) is 0. The van der Waals surface area contributed by atoms with Crippen molar-refractivity contribution in [3.8, 4) is 11.1 Å². The van der Waals surface area contributed by atoms with Crippen LogP contribution in [-0.2, 0) is 6.42 Å². The SMILES string of the molecule is Cc1nc(N)nc2c1C(=O)CC(c1ccccc1-c1cccc3[nH]ccc13)C2. The number of ketones is 1. The molecule has 28 heavy (non-hydrogen) atoms. The summed E-state index contributed by atoms with van der Waals surface area (Å²) in [5.41, 5.74) is 12.5. The number of rotatable bonds is 2. The minimum atomic E-state index is 0.0686. The molecule has 4 aromatic rings. The maximum Gasteiger partial charge on any atom is 0.220 e. The first-order chi connectivity index (χ1) is 13.6. The molecule has 0 amide bonds. The highest BCUT2D eigenvalue weighted by Crippen LogP contribution is 2.39. The largest absolute Gasteiger partial charge is 0.368 e. The summed E-state index contributed by atoms with van der Waals surface area (Å²) in [6.07, 6.45) is 3.11. The lowest BCUT2D eigenvalue weighted by Gasteiger charge is -2.26. The molecule has 2 heterocycles. The Morgan fingerprint density at radius 1 is 1.00 bits per heavy atom. The number of benzene rings is 2. The lowest BCUT2D eigenvalue weighted by Crippen LogP contribution is -2.23. The van der Waals surface area contributed by atoms with E-state index in [1.165, 1.54) is 16.5 Å². The predicted octanol–water partition coefficient (Wildman–Crippen LogP) is 4.43. The molecule has 3 N–H and O–H groups in total. The molecular formula is C23H20N4O. The van der Waals surface area contributed by atoms with E-state index in [0.29, 0.717) is 24.1 Å². The molecule has 0 spiro atoms. The zero-order valence-electron chi connectivity index (χ0n) is 15.6. The molecule has 5 nitrogen and oxygen atoms in total. The van der Waals surface area contributed by atoms with Crippen molar-refractivity contribution in [2.45, 2.75) is 25.7 Å². The molecule has 0 fully saturated rings. The van der Waals surface area contributed by atoms with E-state index in [0.717, 1.165) is 16.8 Å². The van der Waals surface area contributed by atoms with E-state index in [1.54, 1.807) is 0 Å². The predicted molar refractivity (Wildman–Crippen MR) is 110 cm³/mol. The Balaban J connectivity index is 1.64. The number of hydrogen-bond acceptors (Lipinski definition) is 4. The molecule has 0 bridgehead atoms. The molecule has 1 atom stereocenters. The third kappa shape index (κ3) is 2.59. The number of nitrogen functional groups attached to an aromatic ring is 1. The highest BCUT2D eigenvalue weighted by Gasteiger charge is 2.31. The number of nitrogens with two attached hydrogens (primary N) is 1. The Hall–Kier alpha value is -3.47. The number of aromatic amines is 1. The molecule has 138 valence electrons. The summed E-state index contributed by atoms with van der Waals surface area (Å²) < 4.78 is 0. The number of anilines is 1. The second kappa shape index (κ2) is 6.30. The van der Waals surface area contributed by atoms with Crippen molar-refractivity contribution in [1.29, 1.82) is 0 Å². The molecule has 2 aromatic carbocycles. The van der Waals surface area contributed by atoms with E-state index in [-0.39, 0.29) is 17.6 Å². The van der Waals surface area contributed by atoms with Crippen molar-refractivity contribution >= 4 is 22.6 Å². The molecule has 1 aliphatic carbocycles. The molecule has 1 unspecified atom stereocenters. The second-order valence-electron chi connectivity index (χ2n) is 7.35. The maximum absolute atomic E-state index is 12.9. The summed E-state index contributed by atoms with van der Waals surface area (Å²) in [5, 5.41) is 1.18. The quantitative estimate of drug-likeness (QED) is 0.548. The summed E-state index contributed by atoms with van der Waals surface area (Å²) >= 11 is 0. The van der Waals surface area contributed by atoms with Crippen LogP contribution in [0.1, 0.15) is 39.6 Å². The van der Waals surface area contributed by atoms with Gasteiger partial charge in [0.15, 0.2) is 5.78 Å². The number of fused-ring (bicyclic) bond motifs is 2. The number of carbonyl (C=O) groups is 1. The van der Waals surface area contributed by atoms with Gasteiger partial charge in [0.2, 0.25) is 5.95 Å². The van der Waals surface area contributed by atoms with Gasteiger partial charge >= 0.3 is 0 Å². The number of hydrogen-bond donors (Lipinski definition) is 2. The molecule has 5 rings (SSSR count). The zero-order chi connectivity index (χ0) is 19.3. The number of Topliss-reactive ketones (excluding diaryl/α,β-unsaturated/α-hetero) is 1. The van der Waals surface area contributed by atoms with Crippen molar-refractivity contribution in [1.82, 2.24) is 15.0 Å². The van der Waals surface area contributed by atoms with Crippen LogP contribution >= 0.6 is 0 Å². The molecule has 0 saturated carbocycles. The fourth-order valence-corrected chi connectivity index (χ4v) is 4.44. The van der Waals surface area contributed by atoms with Gasteiger partial charge in [-0.05, 0) is 48.1 Å². The fraction of sp³-hybridized carbons (Fsp3) is 0.174. The Morgan fingerprint density at radius 2 is 1.82 bits per heavy atom. The average Bonchev–Trinajstić information content (AvgIpc) is 3.16. The first-order valence-electron chi connectivity index (χ1n) is 9.43. The smallest absolute Gasteiger partial charge is 0.220 e. The van der Waals surface area contributed by atoms with Crippen LogP contribution in [0.3, 0.4) is 0 Å². The van der Waals surface area contributed by atoms with Crippen molar-refractivity contribution in [2.24, 2.45) is 0 Å². The summed E-state index contributed by atoms with van der Waals surface area (Å²) in [6, 6.07) is 16.7. The minimum Gasteiger partial charge on any atom is -0.368 e. The van der Waals surface area contributed by atoms with Crippen LogP contribution in [0.2, 0.25) is 0 Å². The first-order valence-corrected chi connectivity index (χ1v) is 9.43. The third-order valence-electron chi connectivity index (χ3n) is 5.62. The van der Waals surface area contributed by atoms with E-state index in [4.69, 9.17) is 5.73 Å². The van der Waals surface area contributed by atoms with Crippen molar-refractivity contribution in [3.05, 3.63) is 77.2 Å². The van der Waals surface area contributed by atoms with E-state index in [9.17, 15) is 4.79 Å². The van der Waals surface area contributed by atoms with E-state index >= 15 is 0 Å². The molecule has 2 aromatic heterocycles. The molecule has 1 aliphatic rings. The van der Waals surface area contributed by atoms with E-state index in [2.05, 4.69) is 51.4 Å². The molecule has 0 saturated heterocycles. The van der Waals surface area contributed by atoms with Crippen molar-refractivity contribution in [2.75, 3.05) is 5.73 Å². The van der Waals surface area contributed by atoms with Crippen LogP contribution in [0.4, 0.5) is 5.95 Å². The molecule has 0 aliphatic heterocycles. The van der Waals surface area contributed by atoms with E-state index in [1.807, 2.05) is 25.3 Å². The topological polar surface area (TPSA) is 84.7 Å². The van der Waals surface area contributed by atoms with Gasteiger partial charge < -0.3 is 10.7 Å². The van der Waals surface area contributed by atoms with Crippen LogP contribution in [0, 0.1) is 6.92 Å². The number of carbonyl (C=O) groups excluding carboxylic acids is 1.